The molecule has 1 unspecified atom stereocenters. The molecule has 0 aliphatic rings. The number of ether oxygens (including phenoxy) is 3. The first-order valence-corrected chi connectivity index (χ1v) is 27.3. The zero-order valence-corrected chi connectivity index (χ0v) is 42.3. The van der Waals surface area contributed by atoms with Gasteiger partial charge in [0.05, 0.1) is 0 Å². The van der Waals surface area contributed by atoms with Crippen LogP contribution in [0.1, 0.15) is 271 Å². The van der Waals surface area contributed by atoms with Crippen LogP contribution in [-0.4, -0.2) is 37.2 Å². The van der Waals surface area contributed by atoms with E-state index in [1.54, 1.807) is 0 Å². The molecule has 0 heterocycles. The quantitative estimate of drug-likeness (QED) is 0.0262. The Morgan fingerprint density at radius 3 is 0.969 bits per heavy atom. The number of allylic oxidation sites excluding steroid dienone is 10. The van der Waals surface area contributed by atoms with Crippen molar-refractivity contribution < 1.29 is 28.6 Å². The van der Waals surface area contributed by atoms with Crippen LogP contribution in [0.15, 0.2) is 60.8 Å². The summed E-state index contributed by atoms with van der Waals surface area (Å²) in [5.41, 5.74) is 0. The molecule has 0 aliphatic heterocycles. The smallest absolute Gasteiger partial charge is 0.306 e. The summed E-state index contributed by atoms with van der Waals surface area (Å²) in [5.74, 6) is -0.888. The average molecular weight is 895 g/mol. The van der Waals surface area contributed by atoms with Crippen molar-refractivity contribution in [2.24, 2.45) is 0 Å². The molecule has 0 aromatic carbocycles. The molecule has 0 spiro atoms. The van der Waals surface area contributed by atoms with Gasteiger partial charge in [0.2, 0.25) is 0 Å². The normalized spacial score (nSPS) is 12.5. The molecule has 1 atom stereocenters. The molecule has 0 aromatic rings. The maximum absolute atomic E-state index is 12.8. The summed E-state index contributed by atoms with van der Waals surface area (Å²) in [4.78, 5) is 37.8. The second-order valence-corrected chi connectivity index (χ2v) is 18.1. The monoisotopic (exact) mass is 895 g/mol. The van der Waals surface area contributed by atoms with Gasteiger partial charge in [0.1, 0.15) is 13.2 Å². The molecular weight excluding hydrogens is 793 g/mol. The highest BCUT2D eigenvalue weighted by molar-refractivity contribution is 5.71. The summed E-state index contributed by atoms with van der Waals surface area (Å²) in [6, 6.07) is 0. The SMILES string of the molecule is CC/C=C\C/C=C\C/C=C\C/C=C\CCCCCCCCCCCCC(=O)OCC(COC(=O)CCCCCCCC)OC(=O)CCCCCCCCC/C=C\CCCCCCCC. The minimum absolute atomic E-state index is 0.0762. The lowest BCUT2D eigenvalue weighted by molar-refractivity contribution is -0.167. The van der Waals surface area contributed by atoms with Crippen molar-refractivity contribution in [3.05, 3.63) is 60.8 Å². The number of carbonyl (C=O) groups excluding carboxylic acids is 3. The number of unbranched alkanes of at least 4 members (excludes halogenated alkanes) is 28. The highest BCUT2D eigenvalue weighted by Gasteiger charge is 2.19. The predicted octanol–water partition coefficient (Wildman–Crippen LogP) is 18.0. The van der Waals surface area contributed by atoms with Crippen LogP contribution in [0, 0.1) is 0 Å². The number of hydrogen-bond acceptors (Lipinski definition) is 6. The van der Waals surface area contributed by atoms with Crippen molar-refractivity contribution in [1.82, 2.24) is 0 Å². The van der Waals surface area contributed by atoms with E-state index < -0.39 is 6.10 Å². The van der Waals surface area contributed by atoms with E-state index in [4.69, 9.17) is 14.2 Å². The Balaban J connectivity index is 4.16. The highest BCUT2D eigenvalue weighted by atomic mass is 16.6. The Bertz CT molecular complexity index is 1170. The fourth-order valence-electron chi connectivity index (χ4n) is 7.66. The molecule has 0 rings (SSSR count). The van der Waals surface area contributed by atoms with E-state index >= 15 is 0 Å². The summed E-state index contributed by atoms with van der Waals surface area (Å²) in [5, 5.41) is 0. The minimum atomic E-state index is -0.774. The Labute approximate surface area is 396 Å². The molecule has 0 saturated carbocycles. The molecule has 0 N–H and O–H groups in total. The maximum Gasteiger partial charge on any atom is 0.306 e. The van der Waals surface area contributed by atoms with Crippen molar-refractivity contribution in [3.8, 4) is 0 Å². The third kappa shape index (κ3) is 50.1. The van der Waals surface area contributed by atoms with E-state index in [1.165, 1.54) is 148 Å². The van der Waals surface area contributed by atoms with E-state index in [9.17, 15) is 14.4 Å². The van der Waals surface area contributed by atoms with Crippen LogP contribution in [0.2, 0.25) is 0 Å². The van der Waals surface area contributed by atoms with Crippen molar-refractivity contribution in [2.75, 3.05) is 13.2 Å². The lowest BCUT2D eigenvalue weighted by Gasteiger charge is -2.18. The van der Waals surface area contributed by atoms with Gasteiger partial charge < -0.3 is 14.2 Å². The molecular formula is C58H102O6. The first kappa shape index (κ1) is 61.1. The zero-order chi connectivity index (χ0) is 46.5. The summed E-state index contributed by atoms with van der Waals surface area (Å²) in [6.07, 6.45) is 65.2. The van der Waals surface area contributed by atoms with Gasteiger partial charge in [0, 0.05) is 19.3 Å². The first-order valence-electron chi connectivity index (χ1n) is 27.3. The van der Waals surface area contributed by atoms with E-state index in [2.05, 4.69) is 81.5 Å². The lowest BCUT2D eigenvalue weighted by Crippen LogP contribution is -2.30. The zero-order valence-electron chi connectivity index (χ0n) is 42.3. The summed E-state index contributed by atoms with van der Waals surface area (Å²) in [7, 11) is 0. The van der Waals surface area contributed by atoms with Crippen molar-refractivity contribution in [1.29, 1.82) is 0 Å². The maximum atomic E-state index is 12.8. The second kappa shape index (κ2) is 52.7. The molecule has 6 nitrogen and oxygen atoms in total. The third-order valence-electron chi connectivity index (χ3n) is 11.8. The molecule has 64 heavy (non-hydrogen) atoms. The largest absolute Gasteiger partial charge is 0.462 e. The van der Waals surface area contributed by atoms with Gasteiger partial charge in [0.15, 0.2) is 6.10 Å². The van der Waals surface area contributed by atoms with Gasteiger partial charge >= 0.3 is 17.9 Å². The predicted molar refractivity (Wildman–Crippen MR) is 275 cm³/mol. The number of rotatable bonds is 49. The summed E-state index contributed by atoms with van der Waals surface area (Å²) in [6.45, 7) is 6.47. The molecule has 0 bridgehead atoms. The van der Waals surface area contributed by atoms with Gasteiger partial charge in [-0.1, -0.05) is 229 Å². The second-order valence-electron chi connectivity index (χ2n) is 18.1. The van der Waals surface area contributed by atoms with Gasteiger partial charge in [-0.15, -0.1) is 0 Å². The van der Waals surface area contributed by atoms with E-state index in [1.807, 2.05) is 0 Å². The number of carbonyl (C=O) groups is 3. The van der Waals surface area contributed by atoms with Crippen LogP contribution in [-0.2, 0) is 28.6 Å². The Morgan fingerprint density at radius 2 is 0.609 bits per heavy atom. The molecule has 0 radical (unpaired) electrons. The van der Waals surface area contributed by atoms with Crippen LogP contribution in [0.5, 0.6) is 0 Å². The topological polar surface area (TPSA) is 78.9 Å². The fourth-order valence-corrected chi connectivity index (χ4v) is 7.66. The molecule has 0 aromatic heterocycles. The van der Waals surface area contributed by atoms with Gasteiger partial charge in [0.25, 0.3) is 0 Å². The van der Waals surface area contributed by atoms with Crippen molar-refractivity contribution >= 4 is 17.9 Å². The van der Waals surface area contributed by atoms with Gasteiger partial charge in [-0.3, -0.25) is 14.4 Å². The Hall–Kier alpha value is -2.89. The standard InChI is InChI=1S/C58H102O6/c1-4-7-10-13-16-18-20-22-24-26-27-28-29-30-31-33-34-36-38-40-42-45-48-51-57(60)63-54-55(53-62-56(59)50-47-44-15-12-9-6-3)64-58(61)52-49-46-43-41-39-37-35-32-25-23-21-19-17-14-11-8-5-2/h7,10,16,18,22-25,27-28,55H,4-6,8-9,11-15,17,19-21,26,29-54H2,1-3H3/b10-7-,18-16-,24-22-,25-23-,28-27-. The molecule has 370 valence electrons. The third-order valence-corrected chi connectivity index (χ3v) is 11.8. The summed E-state index contributed by atoms with van der Waals surface area (Å²) >= 11 is 0. The average Bonchev–Trinajstić information content (AvgIpc) is 3.29. The van der Waals surface area contributed by atoms with E-state index in [0.717, 1.165) is 83.5 Å². The Kier molecular flexibility index (Phi) is 50.4. The van der Waals surface area contributed by atoms with Crippen LogP contribution in [0.25, 0.3) is 0 Å². The van der Waals surface area contributed by atoms with Crippen LogP contribution in [0.3, 0.4) is 0 Å². The van der Waals surface area contributed by atoms with Gasteiger partial charge in [-0.2, -0.15) is 0 Å². The van der Waals surface area contributed by atoms with E-state index in [-0.39, 0.29) is 31.1 Å². The Morgan fingerprint density at radius 1 is 0.328 bits per heavy atom. The van der Waals surface area contributed by atoms with Crippen molar-refractivity contribution in [3.63, 3.8) is 0 Å². The number of hydrogen-bond donors (Lipinski definition) is 0. The highest BCUT2D eigenvalue weighted by Crippen LogP contribution is 2.15. The molecule has 0 fully saturated rings. The lowest BCUT2D eigenvalue weighted by atomic mass is 10.1. The number of esters is 3. The first-order chi connectivity index (χ1) is 31.5. The minimum Gasteiger partial charge on any atom is -0.462 e. The van der Waals surface area contributed by atoms with Crippen molar-refractivity contribution in [2.45, 2.75) is 277 Å². The molecule has 0 aliphatic carbocycles. The van der Waals surface area contributed by atoms with Gasteiger partial charge in [-0.25, -0.2) is 0 Å². The van der Waals surface area contributed by atoms with Crippen LogP contribution >= 0.6 is 0 Å². The summed E-state index contributed by atoms with van der Waals surface area (Å²) < 4.78 is 16.7. The van der Waals surface area contributed by atoms with Crippen LogP contribution < -0.4 is 0 Å². The fraction of sp³-hybridized carbons (Fsp3) is 0.776. The van der Waals surface area contributed by atoms with Gasteiger partial charge in [-0.05, 0) is 83.5 Å². The molecule has 6 heteroatoms. The van der Waals surface area contributed by atoms with E-state index in [0.29, 0.717) is 19.3 Å². The van der Waals surface area contributed by atoms with Crippen LogP contribution in [0.4, 0.5) is 0 Å². The molecule has 0 amide bonds. The molecule has 0 saturated heterocycles.